The first-order chi connectivity index (χ1) is 12.4. The summed E-state index contributed by atoms with van der Waals surface area (Å²) in [4.78, 5) is 4.43. The summed E-state index contributed by atoms with van der Waals surface area (Å²) in [6, 6.07) is 9.16. The predicted octanol–water partition coefficient (Wildman–Crippen LogP) is 1.58. The lowest BCUT2D eigenvalue weighted by Crippen LogP contribution is -2.42. The van der Waals surface area contributed by atoms with Gasteiger partial charge in [0.25, 0.3) is 0 Å². The van der Waals surface area contributed by atoms with Crippen molar-refractivity contribution in [3.05, 3.63) is 53.5 Å². The first-order valence-electron chi connectivity index (χ1n) is 8.46. The number of sulfonamides is 1. The van der Waals surface area contributed by atoms with Gasteiger partial charge in [-0.25, -0.2) is 13.1 Å². The van der Waals surface area contributed by atoms with Crippen LogP contribution in [0.25, 0.3) is 0 Å². The molecule has 0 unspecified atom stereocenters. The van der Waals surface area contributed by atoms with E-state index in [2.05, 4.69) is 20.3 Å². The van der Waals surface area contributed by atoms with Crippen LogP contribution in [0.15, 0.2) is 50.9 Å². The zero-order chi connectivity index (χ0) is 19.0. The zero-order valence-corrected chi connectivity index (χ0v) is 16.2. The average molecular weight is 378 g/mol. The van der Waals surface area contributed by atoms with Crippen molar-refractivity contribution in [2.45, 2.75) is 25.2 Å². The number of nitrogens with zero attached hydrogens (tertiary/aromatic N) is 1. The second-order valence-electron chi connectivity index (χ2n) is 5.92. The average Bonchev–Trinajstić information content (AvgIpc) is 3.12. The first-order valence-corrected chi connectivity index (χ1v) is 9.94. The quantitative estimate of drug-likeness (QED) is 0.368. The Hall–Kier alpha value is -2.32. The standard InChI is InChI=1S/C18H26N4O3S/c1-14-6-7-15(2)17(13-14)26(23,24)22-11-10-21-18(19-3)20-9-8-16-5-4-12-25-16/h4-7,12-13,22H,8-11H2,1-3H3,(H2,19,20,21). The highest BCUT2D eigenvalue weighted by molar-refractivity contribution is 7.89. The molecule has 1 aromatic heterocycles. The Morgan fingerprint density at radius 3 is 2.58 bits per heavy atom. The summed E-state index contributed by atoms with van der Waals surface area (Å²) < 4.78 is 32.7. The fourth-order valence-electron chi connectivity index (χ4n) is 2.42. The lowest BCUT2D eigenvalue weighted by Gasteiger charge is -2.13. The molecule has 1 aromatic carbocycles. The first kappa shape index (κ1) is 20.0. The molecule has 2 aromatic rings. The van der Waals surface area contributed by atoms with Crippen molar-refractivity contribution in [3.8, 4) is 0 Å². The van der Waals surface area contributed by atoms with Gasteiger partial charge in [0.05, 0.1) is 11.2 Å². The van der Waals surface area contributed by atoms with Crippen LogP contribution in [0, 0.1) is 13.8 Å². The molecule has 8 heteroatoms. The number of rotatable bonds is 8. The summed E-state index contributed by atoms with van der Waals surface area (Å²) in [6.45, 7) is 5.01. The Bertz CT molecular complexity index is 830. The molecule has 0 saturated carbocycles. The number of furan rings is 1. The normalized spacial score (nSPS) is 12.2. The molecular formula is C18H26N4O3S. The molecule has 0 spiro atoms. The van der Waals surface area contributed by atoms with E-state index in [1.54, 1.807) is 26.3 Å². The smallest absolute Gasteiger partial charge is 0.240 e. The van der Waals surface area contributed by atoms with Gasteiger partial charge in [-0.15, -0.1) is 0 Å². The van der Waals surface area contributed by atoms with Gasteiger partial charge in [0, 0.05) is 33.1 Å². The number of guanidine groups is 1. The third-order valence-electron chi connectivity index (χ3n) is 3.81. The van der Waals surface area contributed by atoms with E-state index in [0.717, 1.165) is 23.3 Å². The van der Waals surface area contributed by atoms with Crippen LogP contribution >= 0.6 is 0 Å². The van der Waals surface area contributed by atoms with Gasteiger partial charge in [0.15, 0.2) is 5.96 Å². The van der Waals surface area contributed by atoms with Crippen molar-refractivity contribution in [3.63, 3.8) is 0 Å². The second kappa shape index (κ2) is 9.40. The topological polar surface area (TPSA) is 95.7 Å². The number of aliphatic imine (C=N–C) groups is 1. The highest BCUT2D eigenvalue weighted by Gasteiger charge is 2.16. The molecule has 0 saturated heterocycles. The molecule has 0 atom stereocenters. The number of hydrogen-bond donors (Lipinski definition) is 3. The second-order valence-corrected chi connectivity index (χ2v) is 7.66. The van der Waals surface area contributed by atoms with Crippen LogP contribution in [0.4, 0.5) is 0 Å². The van der Waals surface area contributed by atoms with E-state index in [4.69, 9.17) is 4.42 Å². The number of benzene rings is 1. The van der Waals surface area contributed by atoms with Crippen molar-refractivity contribution in [1.82, 2.24) is 15.4 Å². The molecule has 3 N–H and O–H groups in total. The van der Waals surface area contributed by atoms with Gasteiger partial charge in [0.2, 0.25) is 10.0 Å². The molecule has 0 amide bonds. The van der Waals surface area contributed by atoms with E-state index >= 15 is 0 Å². The summed E-state index contributed by atoms with van der Waals surface area (Å²) in [6.07, 6.45) is 2.39. The van der Waals surface area contributed by atoms with E-state index < -0.39 is 10.0 Å². The minimum Gasteiger partial charge on any atom is -0.469 e. The summed E-state index contributed by atoms with van der Waals surface area (Å²) in [7, 11) is -1.86. The lowest BCUT2D eigenvalue weighted by molar-refractivity contribution is 0.506. The Balaban J connectivity index is 1.76. The number of hydrogen-bond acceptors (Lipinski definition) is 4. The molecule has 26 heavy (non-hydrogen) atoms. The maximum atomic E-state index is 12.4. The van der Waals surface area contributed by atoms with Gasteiger partial charge >= 0.3 is 0 Å². The van der Waals surface area contributed by atoms with Crippen LogP contribution in [0.2, 0.25) is 0 Å². The third kappa shape index (κ3) is 5.89. The molecule has 142 valence electrons. The molecule has 0 aliphatic heterocycles. The summed E-state index contributed by atoms with van der Waals surface area (Å²) in [5.41, 5.74) is 1.64. The van der Waals surface area contributed by atoms with Gasteiger partial charge in [-0.3, -0.25) is 4.99 Å². The van der Waals surface area contributed by atoms with E-state index in [9.17, 15) is 8.42 Å². The lowest BCUT2D eigenvalue weighted by atomic mass is 10.2. The van der Waals surface area contributed by atoms with Crippen LogP contribution < -0.4 is 15.4 Å². The third-order valence-corrected chi connectivity index (χ3v) is 5.41. The maximum Gasteiger partial charge on any atom is 0.240 e. The molecule has 7 nitrogen and oxygen atoms in total. The van der Waals surface area contributed by atoms with Gasteiger partial charge in [-0.05, 0) is 43.2 Å². The van der Waals surface area contributed by atoms with Gasteiger partial charge in [-0.2, -0.15) is 0 Å². The van der Waals surface area contributed by atoms with Gasteiger partial charge < -0.3 is 15.1 Å². The van der Waals surface area contributed by atoms with Gasteiger partial charge in [0.1, 0.15) is 5.76 Å². The van der Waals surface area contributed by atoms with Crippen molar-refractivity contribution >= 4 is 16.0 Å². The molecule has 0 aliphatic carbocycles. The SMILES string of the molecule is CN=C(NCCNS(=O)(=O)c1cc(C)ccc1C)NCCc1ccco1. The van der Waals surface area contributed by atoms with Crippen LogP contribution in [-0.2, 0) is 16.4 Å². The summed E-state index contributed by atoms with van der Waals surface area (Å²) >= 11 is 0. The predicted molar refractivity (Wildman–Crippen MR) is 103 cm³/mol. The van der Waals surface area contributed by atoms with E-state index in [1.165, 1.54) is 0 Å². The highest BCUT2D eigenvalue weighted by Crippen LogP contribution is 2.16. The number of nitrogens with one attached hydrogen (secondary N) is 3. The molecule has 0 aliphatic rings. The van der Waals surface area contributed by atoms with Crippen molar-refractivity contribution in [1.29, 1.82) is 0 Å². The van der Waals surface area contributed by atoms with Crippen molar-refractivity contribution in [2.75, 3.05) is 26.7 Å². The Labute approximate surface area is 155 Å². The minimum absolute atomic E-state index is 0.259. The highest BCUT2D eigenvalue weighted by atomic mass is 32.2. The molecule has 0 bridgehead atoms. The van der Waals surface area contributed by atoms with Crippen molar-refractivity contribution < 1.29 is 12.8 Å². The monoisotopic (exact) mass is 378 g/mol. The fourth-order valence-corrected chi connectivity index (χ4v) is 3.78. The van der Waals surface area contributed by atoms with Crippen LogP contribution in [0.5, 0.6) is 0 Å². The van der Waals surface area contributed by atoms with Crippen molar-refractivity contribution in [2.24, 2.45) is 4.99 Å². The maximum absolute atomic E-state index is 12.4. The molecular weight excluding hydrogens is 352 g/mol. The molecule has 2 rings (SSSR count). The molecule has 0 radical (unpaired) electrons. The molecule has 1 heterocycles. The van der Waals surface area contributed by atoms with Crippen LogP contribution in [0.1, 0.15) is 16.9 Å². The fraction of sp³-hybridized carbons (Fsp3) is 0.389. The molecule has 0 fully saturated rings. The number of aryl methyl sites for hydroxylation is 2. The zero-order valence-electron chi connectivity index (χ0n) is 15.4. The van der Waals surface area contributed by atoms with E-state index in [0.29, 0.717) is 23.9 Å². The van der Waals surface area contributed by atoms with E-state index in [-0.39, 0.29) is 6.54 Å². The van der Waals surface area contributed by atoms with Crippen LogP contribution in [-0.4, -0.2) is 41.1 Å². The Morgan fingerprint density at radius 1 is 1.12 bits per heavy atom. The van der Waals surface area contributed by atoms with Gasteiger partial charge in [-0.1, -0.05) is 12.1 Å². The summed E-state index contributed by atoms with van der Waals surface area (Å²) in [5.74, 6) is 1.51. The Morgan fingerprint density at radius 2 is 1.88 bits per heavy atom. The van der Waals surface area contributed by atoms with Crippen LogP contribution in [0.3, 0.4) is 0 Å². The Kier molecular flexibility index (Phi) is 7.23. The largest absolute Gasteiger partial charge is 0.469 e. The summed E-state index contributed by atoms with van der Waals surface area (Å²) in [5, 5.41) is 6.24. The van der Waals surface area contributed by atoms with E-state index in [1.807, 2.05) is 31.2 Å². The minimum atomic E-state index is -3.53.